The van der Waals surface area contributed by atoms with Gasteiger partial charge >= 0.3 is 71.4 Å². The number of alkyl halides is 23. The Hall–Kier alpha value is -2.40. The first kappa shape index (κ1) is 39.6. The third-order valence-corrected chi connectivity index (χ3v) is 5.04. The van der Waals surface area contributed by atoms with Crippen molar-refractivity contribution in [1.82, 2.24) is 0 Å². The van der Waals surface area contributed by atoms with Gasteiger partial charge in [-0.2, -0.15) is 96.6 Å². The number of esters is 1. The Kier molecular flexibility index (Phi) is 9.76. The standard InChI is InChI=1S/C17H9F23O2/c1-5(2)6(41)42-4-3-7(18,19)9(21,22)12(27,28)10(23,24)8(20,16(35,36)37)11(25,26)13(29,30)14(31,32)15(33,34)17(38,39)40/h1,3-4H2,2H3. The van der Waals surface area contributed by atoms with Gasteiger partial charge in [0.05, 0.1) is 13.0 Å². The number of rotatable bonds is 12. The summed E-state index contributed by atoms with van der Waals surface area (Å²) in [5.41, 5.74) is -10.5. The molecule has 0 fully saturated rings. The van der Waals surface area contributed by atoms with Crippen LogP contribution in [0, 0.1) is 0 Å². The van der Waals surface area contributed by atoms with Crippen molar-refractivity contribution in [2.75, 3.05) is 6.61 Å². The highest BCUT2D eigenvalue weighted by Crippen LogP contribution is 2.69. The molecule has 42 heavy (non-hydrogen) atoms. The lowest BCUT2D eigenvalue weighted by Gasteiger charge is -2.48. The highest BCUT2D eigenvalue weighted by molar-refractivity contribution is 5.86. The van der Waals surface area contributed by atoms with Crippen molar-refractivity contribution in [3.05, 3.63) is 12.2 Å². The third-order valence-electron chi connectivity index (χ3n) is 5.04. The molecule has 0 aromatic rings. The van der Waals surface area contributed by atoms with E-state index in [4.69, 9.17) is 0 Å². The van der Waals surface area contributed by atoms with Crippen molar-refractivity contribution in [3.8, 4) is 0 Å². The lowest BCUT2D eigenvalue weighted by atomic mass is 9.77. The summed E-state index contributed by atoms with van der Waals surface area (Å²) in [5, 5.41) is 0. The summed E-state index contributed by atoms with van der Waals surface area (Å²) in [4.78, 5) is 11.0. The molecule has 250 valence electrons. The van der Waals surface area contributed by atoms with Crippen LogP contribution in [0.2, 0.25) is 0 Å². The Bertz CT molecular complexity index is 1020. The molecule has 0 saturated carbocycles. The van der Waals surface area contributed by atoms with Crippen LogP contribution in [-0.2, 0) is 9.53 Å². The van der Waals surface area contributed by atoms with Gasteiger partial charge in [-0.15, -0.1) is 0 Å². The fraction of sp³-hybridized carbons (Fsp3) is 0.824. The second kappa shape index (κ2) is 10.4. The van der Waals surface area contributed by atoms with Crippen molar-refractivity contribution in [1.29, 1.82) is 0 Å². The Morgan fingerprint density at radius 1 is 0.500 bits per heavy atom. The van der Waals surface area contributed by atoms with E-state index in [-0.39, 0.29) is 0 Å². The van der Waals surface area contributed by atoms with Gasteiger partial charge in [-0.25, -0.2) is 9.18 Å². The van der Waals surface area contributed by atoms with Gasteiger partial charge in [-0.1, -0.05) is 6.58 Å². The normalized spacial score (nSPS) is 17.1. The van der Waals surface area contributed by atoms with Crippen molar-refractivity contribution >= 4 is 5.97 Å². The zero-order valence-electron chi connectivity index (χ0n) is 19.1. The Morgan fingerprint density at radius 3 is 1.10 bits per heavy atom. The smallest absolute Gasteiger partial charge is 0.460 e. The molecule has 0 N–H and O–H groups in total. The second-order valence-electron chi connectivity index (χ2n) is 8.05. The van der Waals surface area contributed by atoms with E-state index in [1.54, 1.807) is 0 Å². The molecule has 25 heteroatoms. The molecular formula is C17H9F23O2. The molecule has 0 amide bonds. The molecule has 0 aliphatic heterocycles. The molecule has 2 nitrogen and oxygen atoms in total. The molecule has 0 rings (SSSR count). The van der Waals surface area contributed by atoms with Crippen LogP contribution in [0.1, 0.15) is 13.3 Å². The first-order valence-corrected chi connectivity index (χ1v) is 9.50. The number of ether oxygens (including phenoxy) is 1. The van der Waals surface area contributed by atoms with E-state index >= 15 is 0 Å². The van der Waals surface area contributed by atoms with Crippen molar-refractivity contribution in [2.24, 2.45) is 0 Å². The van der Waals surface area contributed by atoms with Crippen LogP contribution >= 0.6 is 0 Å². The summed E-state index contributed by atoms with van der Waals surface area (Å²) in [6.07, 6.45) is -20.4. The van der Waals surface area contributed by atoms with Crippen LogP contribution in [-0.4, -0.2) is 78.0 Å². The SMILES string of the molecule is C=C(C)C(=O)OCCC(F)(F)C(F)(F)C(F)(F)C(F)(F)C(F)(C(F)(F)F)C(F)(F)C(F)(F)C(F)(F)C(F)(F)C(F)(F)F. The maximum Gasteiger partial charge on any atom is 0.460 e. The predicted molar refractivity (Wildman–Crippen MR) is 85.9 cm³/mol. The number of hydrogen-bond donors (Lipinski definition) is 0. The fourth-order valence-electron chi connectivity index (χ4n) is 2.54. The van der Waals surface area contributed by atoms with Crippen molar-refractivity contribution in [2.45, 2.75) is 78.7 Å². The van der Waals surface area contributed by atoms with Crippen molar-refractivity contribution in [3.63, 3.8) is 0 Å². The van der Waals surface area contributed by atoms with Crippen LogP contribution in [0.4, 0.5) is 101 Å². The lowest BCUT2D eigenvalue weighted by Crippen LogP contribution is -2.81. The molecule has 0 aliphatic carbocycles. The van der Waals surface area contributed by atoms with E-state index in [2.05, 4.69) is 11.3 Å². The van der Waals surface area contributed by atoms with Gasteiger partial charge in [0, 0.05) is 5.57 Å². The van der Waals surface area contributed by atoms with Gasteiger partial charge in [-0.3, -0.25) is 0 Å². The molecule has 0 heterocycles. The molecule has 0 spiro atoms. The summed E-state index contributed by atoms with van der Waals surface area (Å²) in [6.45, 7) is 1.20. The topological polar surface area (TPSA) is 26.3 Å². The molecule has 0 saturated heterocycles. The van der Waals surface area contributed by atoms with E-state index in [1.807, 2.05) is 0 Å². The number of carbonyl (C=O) groups is 1. The maximum absolute atomic E-state index is 14.3. The summed E-state index contributed by atoms with van der Waals surface area (Å²) in [5.74, 6) is -72.9. The van der Waals surface area contributed by atoms with Gasteiger partial charge < -0.3 is 4.74 Å². The van der Waals surface area contributed by atoms with Gasteiger partial charge in [-0.05, 0) is 6.92 Å². The number of hydrogen-bond acceptors (Lipinski definition) is 2. The lowest BCUT2D eigenvalue weighted by molar-refractivity contribution is -0.485. The molecule has 0 aromatic heterocycles. The van der Waals surface area contributed by atoms with Gasteiger partial charge in [0.25, 0.3) is 0 Å². The van der Waals surface area contributed by atoms with E-state index in [1.165, 1.54) is 0 Å². The van der Waals surface area contributed by atoms with E-state index in [9.17, 15) is 106 Å². The highest BCUT2D eigenvalue weighted by atomic mass is 19.4. The average Bonchev–Trinajstić information content (AvgIpc) is 2.75. The molecular weight excluding hydrogens is 673 g/mol. The molecule has 0 bridgehead atoms. The Balaban J connectivity index is 7.38. The summed E-state index contributed by atoms with van der Waals surface area (Å²) >= 11 is 0. The summed E-state index contributed by atoms with van der Waals surface area (Å²) in [6, 6.07) is 0. The zero-order chi connectivity index (χ0) is 34.8. The first-order chi connectivity index (χ1) is 17.8. The minimum absolute atomic E-state index is 0.714. The largest absolute Gasteiger partial charge is 0.462 e. The van der Waals surface area contributed by atoms with Crippen LogP contribution < -0.4 is 0 Å². The highest BCUT2D eigenvalue weighted by Gasteiger charge is 3.01. The van der Waals surface area contributed by atoms with Gasteiger partial charge in [0.1, 0.15) is 0 Å². The Morgan fingerprint density at radius 2 is 0.810 bits per heavy atom. The van der Waals surface area contributed by atoms with E-state index < -0.39 is 90.0 Å². The van der Waals surface area contributed by atoms with E-state index in [0.717, 1.165) is 0 Å². The molecule has 1 atom stereocenters. The third kappa shape index (κ3) is 5.18. The number of halogens is 23. The van der Waals surface area contributed by atoms with Crippen LogP contribution in [0.15, 0.2) is 12.2 Å². The van der Waals surface area contributed by atoms with Gasteiger partial charge in [0.15, 0.2) is 0 Å². The van der Waals surface area contributed by atoms with Crippen LogP contribution in [0.5, 0.6) is 0 Å². The first-order valence-electron chi connectivity index (χ1n) is 9.50. The quantitative estimate of drug-likeness (QED) is 0.118. The summed E-state index contributed by atoms with van der Waals surface area (Å²) < 4.78 is 311. The summed E-state index contributed by atoms with van der Waals surface area (Å²) in [7, 11) is 0. The zero-order valence-corrected chi connectivity index (χ0v) is 19.1. The average molecular weight is 682 g/mol. The minimum atomic E-state index is -9.75. The Labute approximate surface area is 215 Å². The number of carbonyl (C=O) groups excluding carboxylic acids is 1. The molecule has 0 aromatic carbocycles. The second-order valence-corrected chi connectivity index (χ2v) is 8.05. The van der Waals surface area contributed by atoms with E-state index in [0.29, 0.717) is 6.92 Å². The predicted octanol–water partition coefficient (Wildman–Crippen LogP) is 8.41. The monoisotopic (exact) mass is 682 g/mol. The van der Waals surface area contributed by atoms with Crippen LogP contribution in [0.3, 0.4) is 0 Å². The van der Waals surface area contributed by atoms with Crippen LogP contribution in [0.25, 0.3) is 0 Å². The molecule has 0 radical (unpaired) electrons. The maximum atomic E-state index is 14.3. The van der Waals surface area contributed by atoms with Crippen molar-refractivity contribution < 1.29 is 111 Å². The van der Waals surface area contributed by atoms with Gasteiger partial charge in [0.2, 0.25) is 0 Å². The molecule has 0 aliphatic rings. The minimum Gasteiger partial charge on any atom is -0.462 e. The molecule has 1 unspecified atom stereocenters. The fourth-order valence-corrected chi connectivity index (χ4v) is 2.54.